The van der Waals surface area contributed by atoms with Crippen LogP contribution in [0.1, 0.15) is 39.2 Å². The second-order valence-electron chi connectivity index (χ2n) is 6.96. The van der Waals surface area contributed by atoms with Crippen molar-refractivity contribution in [3.8, 4) is 0 Å². The normalized spacial score (nSPS) is 24.9. The minimum Gasteiger partial charge on any atom is -0.308 e. The summed E-state index contributed by atoms with van der Waals surface area (Å²) in [6.45, 7) is 6.61. The average Bonchev–Trinajstić information content (AvgIpc) is 2.81. The van der Waals surface area contributed by atoms with Crippen LogP contribution in [0.4, 0.5) is 5.69 Å². The van der Waals surface area contributed by atoms with Crippen LogP contribution in [0.2, 0.25) is 0 Å². The maximum atomic E-state index is 13.3. The Morgan fingerprint density at radius 1 is 1.29 bits per heavy atom. The van der Waals surface area contributed by atoms with Crippen molar-refractivity contribution in [2.75, 3.05) is 18.0 Å². The maximum Gasteiger partial charge on any atom is 0.245 e. The first-order valence-electron chi connectivity index (χ1n) is 8.34. The van der Waals surface area contributed by atoms with E-state index in [0.29, 0.717) is 31.1 Å². The van der Waals surface area contributed by atoms with E-state index in [9.17, 15) is 13.2 Å². The van der Waals surface area contributed by atoms with Gasteiger partial charge in [0.1, 0.15) is 4.90 Å². The third-order valence-electron chi connectivity index (χ3n) is 4.89. The Morgan fingerprint density at radius 3 is 2.62 bits per heavy atom. The topological polar surface area (TPSA) is 57.7 Å². The van der Waals surface area contributed by atoms with Gasteiger partial charge in [-0.2, -0.15) is 4.31 Å². The fourth-order valence-corrected chi connectivity index (χ4v) is 6.36. The lowest BCUT2D eigenvalue weighted by atomic mass is 10.0. The number of halogens is 1. The van der Waals surface area contributed by atoms with E-state index >= 15 is 0 Å². The Morgan fingerprint density at radius 2 is 2.00 bits per heavy atom. The molecule has 1 aromatic carbocycles. The molecule has 2 aliphatic rings. The van der Waals surface area contributed by atoms with Gasteiger partial charge in [0, 0.05) is 30.5 Å². The number of hydrogen-bond donors (Lipinski definition) is 0. The first-order chi connectivity index (χ1) is 11.2. The summed E-state index contributed by atoms with van der Waals surface area (Å²) in [5, 5.41) is 0. The molecule has 0 aliphatic carbocycles. The minimum atomic E-state index is -3.62. The average molecular weight is 415 g/mol. The molecule has 0 unspecified atom stereocenters. The summed E-state index contributed by atoms with van der Waals surface area (Å²) in [5.74, 6) is 0.239. The summed E-state index contributed by atoms with van der Waals surface area (Å²) >= 11 is 3.43. The number of carbonyl (C=O) groups excluding carboxylic acids is 1. The van der Waals surface area contributed by atoms with Crippen molar-refractivity contribution in [1.29, 1.82) is 0 Å². The minimum absolute atomic E-state index is 0.0268. The number of fused-ring (bicyclic) bond motifs is 1. The predicted molar refractivity (Wildman–Crippen MR) is 97.6 cm³/mol. The Balaban J connectivity index is 2.13. The molecule has 5 nitrogen and oxygen atoms in total. The van der Waals surface area contributed by atoms with Crippen LogP contribution in [0.5, 0.6) is 0 Å². The van der Waals surface area contributed by atoms with E-state index in [1.165, 1.54) is 6.92 Å². The highest BCUT2D eigenvalue weighted by atomic mass is 79.9. The molecule has 1 amide bonds. The van der Waals surface area contributed by atoms with Gasteiger partial charge in [-0.3, -0.25) is 4.79 Å². The lowest BCUT2D eigenvalue weighted by Gasteiger charge is -2.31. The maximum absolute atomic E-state index is 13.3. The van der Waals surface area contributed by atoms with Gasteiger partial charge in [0.05, 0.1) is 5.69 Å². The van der Waals surface area contributed by atoms with Crippen LogP contribution in [0.25, 0.3) is 0 Å². The molecule has 24 heavy (non-hydrogen) atoms. The van der Waals surface area contributed by atoms with Crippen molar-refractivity contribution in [2.45, 2.75) is 51.0 Å². The summed E-state index contributed by atoms with van der Waals surface area (Å²) in [6.07, 6.45) is 2.61. The molecule has 0 radical (unpaired) electrons. The molecule has 3 rings (SSSR count). The highest BCUT2D eigenvalue weighted by Crippen LogP contribution is 2.41. The van der Waals surface area contributed by atoms with Gasteiger partial charge < -0.3 is 4.90 Å². The fraction of sp³-hybridized carbons (Fsp3) is 0.588. The van der Waals surface area contributed by atoms with Gasteiger partial charge in [-0.1, -0.05) is 22.9 Å². The molecular weight excluding hydrogens is 392 g/mol. The van der Waals surface area contributed by atoms with Crippen molar-refractivity contribution in [1.82, 2.24) is 4.31 Å². The van der Waals surface area contributed by atoms with E-state index in [1.807, 2.05) is 13.0 Å². The monoisotopic (exact) mass is 414 g/mol. The third-order valence-corrected chi connectivity index (χ3v) is 7.23. The first-order valence-corrected chi connectivity index (χ1v) is 10.6. The zero-order valence-electron chi connectivity index (χ0n) is 14.3. The zero-order valence-corrected chi connectivity index (χ0v) is 16.7. The Hall–Kier alpha value is -0.920. The molecule has 1 aromatic rings. The lowest BCUT2D eigenvalue weighted by Crippen LogP contribution is -2.40. The summed E-state index contributed by atoms with van der Waals surface area (Å²) in [6, 6.07) is 3.54. The molecule has 7 heteroatoms. The van der Waals surface area contributed by atoms with E-state index in [-0.39, 0.29) is 16.8 Å². The quantitative estimate of drug-likeness (QED) is 0.746. The van der Waals surface area contributed by atoms with E-state index in [2.05, 4.69) is 22.9 Å². The molecular formula is C17H23BrN2O3S. The second kappa shape index (κ2) is 6.42. The van der Waals surface area contributed by atoms with Crippen LogP contribution < -0.4 is 4.90 Å². The highest BCUT2D eigenvalue weighted by molar-refractivity contribution is 9.10. The molecule has 2 atom stereocenters. The third kappa shape index (κ3) is 3.02. The van der Waals surface area contributed by atoms with Crippen molar-refractivity contribution in [3.63, 3.8) is 0 Å². The number of amides is 1. The summed E-state index contributed by atoms with van der Waals surface area (Å²) < 4.78 is 28.9. The SMILES string of the molecule is CC(=O)N1c2c(cc(Br)cc2S(=O)(=O)N2CCC[C@@H](C)C2)C[C@H]1C. The number of anilines is 1. The molecule has 0 aromatic heterocycles. The van der Waals surface area contributed by atoms with Crippen molar-refractivity contribution in [3.05, 3.63) is 22.2 Å². The summed E-state index contributed by atoms with van der Waals surface area (Å²) in [5.41, 5.74) is 1.48. The summed E-state index contributed by atoms with van der Waals surface area (Å²) in [4.78, 5) is 14.0. The Bertz CT molecular complexity index is 778. The van der Waals surface area contributed by atoms with Crippen molar-refractivity contribution in [2.24, 2.45) is 5.92 Å². The van der Waals surface area contributed by atoms with Gasteiger partial charge in [0.25, 0.3) is 0 Å². The number of piperidine rings is 1. The largest absolute Gasteiger partial charge is 0.308 e. The van der Waals surface area contributed by atoms with Crippen LogP contribution in [0, 0.1) is 5.92 Å². The van der Waals surface area contributed by atoms with Crippen molar-refractivity contribution < 1.29 is 13.2 Å². The van der Waals surface area contributed by atoms with Gasteiger partial charge in [0.15, 0.2) is 0 Å². The smallest absolute Gasteiger partial charge is 0.245 e. The number of sulfonamides is 1. The van der Waals surface area contributed by atoms with Gasteiger partial charge in [-0.15, -0.1) is 0 Å². The van der Waals surface area contributed by atoms with Gasteiger partial charge in [-0.25, -0.2) is 8.42 Å². The van der Waals surface area contributed by atoms with E-state index in [4.69, 9.17) is 0 Å². The Labute approximate surface area is 152 Å². The standard InChI is InChI=1S/C17H23BrN2O3S/c1-11-5-4-6-19(10-11)24(22,23)16-9-15(18)8-14-7-12(2)20(13(3)21)17(14)16/h8-9,11-12H,4-7,10H2,1-3H3/t11-,12-/m1/s1. The molecule has 2 aliphatic heterocycles. The first kappa shape index (κ1) is 17.9. The molecule has 0 spiro atoms. The highest BCUT2D eigenvalue weighted by Gasteiger charge is 2.38. The van der Waals surface area contributed by atoms with Crippen LogP contribution in [0.15, 0.2) is 21.5 Å². The van der Waals surface area contributed by atoms with Gasteiger partial charge >= 0.3 is 0 Å². The molecule has 2 heterocycles. The van der Waals surface area contributed by atoms with E-state index in [1.54, 1.807) is 15.3 Å². The molecule has 0 bridgehead atoms. The second-order valence-corrected chi connectivity index (χ2v) is 9.79. The molecule has 0 saturated carbocycles. The Kier molecular flexibility index (Phi) is 4.79. The molecule has 0 N–H and O–H groups in total. The zero-order chi connectivity index (χ0) is 17.6. The molecule has 1 saturated heterocycles. The van der Waals surface area contributed by atoms with E-state index in [0.717, 1.165) is 22.9 Å². The number of rotatable bonds is 2. The fourth-order valence-electron chi connectivity index (χ4n) is 3.86. The number of nitrogens with zero attached hydrogens (tertiary/aromatic N) is 2. The number of carbonyl (C=O) groups is 1. The van der Waals surface area contributed by atoms with Crippen LogP contribution in [-0.4, -0.2) is 37.8 Å². The predicted octanol–water partition coefficient (Wildman–Crippen LogP) is 3.17. The van der Waals surface area contributed by atoms with Crippen LogP contribution in [0.3, 0.4) is 0 Å². The van der Waals surface area contributed by atoms with Crippen LogP contribution >= 0.6 is 15.9 Å². The molecule has 132 valence electrons. The van der Waals surface area contributed by atoms with Crippen LogP contribution in [-0.2, 0) is 21.2 Å². The van der Waals surface area contributed by atoms with Gasteiger partial charge in [-0.05, 0) is 49.8 Å². The number of benzene rings is 1. The van der Waals surface area contributed by atoms with Crippen molar-refractivity contribution >= 4 is 37.5 Å². The number of hydrogen-bond acceptors (Lipinski definition) is 3. The van der Waals surface area contributed by atoms with Gasteiger partial charge in [0.2, 0.25) is 15.9 Å². The molecule has 1 fully saturated rings. The van der Waals surface area contributed by atoms with E-state index < -0.39 is 10.0 Å². The summed E-state index contributed by atoms with van der Waals surface area (Å²) in [7, 11) is -3.62. The lowest BCUT2D eigenvalue weighted by molar-refractivity contribution is -0.116.